The van der Waals surface area contributed by atoms with Crippen molar-refractivity contribution in [1.82, 2.24) is 0 Å². The molecule has 2 nitrogen and oxygen atoms in total. The van der Waals surface area contributed by atoms with Crippen molar-refractivity contribution in [2.75, 3.05) is 13.7 Å². The summed E-state index contributed by atoms with van der Waals surface area (Å²) in [5.41, 5.74) is 1.13. The van der Waals surface area contributed by atoms with Crippen molar-refractivity contribution < 1.29 is 9.47 Å². The van der Waals surface area contributed by atoms with Gasteiger partial charge in [0.1, 0.15) is 5.75 Å². The Morgan fingerprint density at radius 2 is 2.20 bits per heavy atom. The normalized spacial score (nSPS) is 10.9. The lowest BCUT2D eigenvalue weighted by Gasteiger charge is -2.06. The number of hydrogen-bond donors (Lipinski definition) is 0. The number of methoxy groups -OCH3 is 1. The van der Waals surface area contributed by atoms with Crippen molar-refractivity contribution >= 4 is 15.9 Å². The highest BCUT2D eigenvalue weighted by Crippen LogP contribution is 2.25. The molecule has 0 saturated carbocycles. The predicted octanol–water partition coefficient (Wildman–Crippen LogP) is 3.55. The third-order valence-electron chi connectivity index (χ3n) is 1.93. The topological polar surface area (TPSA) is 18.5 Å². The van der Waals surface area contributed by atoms with Gasteiger partial charge in [0.25, 0.3) is 0 Å². The van der Waals surface area contributed by atoms with E-state index in [1.165, 1.54) is 0 Å². The third kappa shape index (κ3) is 4.06. The van der Waals surface area contributed by atoms with Crippen LogP contribution in [0.2, 0.25) is 0 Å². The van der Waals surface area contributed by atoms with Crippen molar-refractivity contribution in [3.63, 3.8) is 0 Å². The largest absolute Gasteiger partial charge is 0.496 e. The number of hydrogen-bond acceptors (Lipinski definition) is 2. The molecule has 0 spiro atoms. The lowest BCUT2D eigenvalue weighted by Crippen LogP contribution is -1.93. The maximum atomic E-state index is 5.44. The van der Waals surface area contributed by atoms with Crippen molar-refractivity contribution in [3.8, 4) is 5.75 Å². The molecule has 0 amide bonds. The molecule has 1 aromatic rings. The Morgan fingerprint density at radius 3 is 2.80 bits per heavy atom. The Kier molecular flexibility index (Phi) is 5.43. The van der Waals surface area contributed by atoms with E-state index in [9.17, 15) is 0 Å². The SMILES string of the molecule is CC=CCOCc1ccc(OC)c(Br)c1. The summed E-state index contributed by atoms with van der Waals surface area (Å²) in [5.74, 6) is 0.840. The molecular formula is C12H15BrO2. The first-order valence-corrected chi connectivity index (χ1v) is 5.58. The summed E-state index contributed by atoms with van der Waals surface area (Å²) in [5, 5.41) is 0. The van der Waals surface area contributed by atoms with E-state index in [2.05, 4.69) is 15.9 Å². The van der Waals surface area contributed by atoms with Gasteiger partial charge in [-0.25, -0.2) is 0 Å². The molecule has 0 atom stereocenters. The van der Waals surface area contributed by atoms with Gasteiger partial charge in [0.15, 0.2) is 0 Å². The first-order chi connectivity index (χ1) is 7.27. The highest BCUT2D eigenvalue weighted by molar-refractivity contribution is 9.10. The zero-order valence-corrected chi connectivity index (χ0v) is 10.6. The van der Waals surface area contributed by atoms with Gasteiger partial charge in [0, 0.05) is 0 Å². The van der Waals surface area contributed by atoms with E-state index in [1.54, 1.807) is 7.11 Å². The Morgan fingerprint density at radius 1 is 1.40 bits per heavy atom. The van der Waals surface area contributed by atoms with Gasteiger partial charge in [0.05, 0.1) is 24.8 Å². The molecule has 0 aliphatic carbocycles. The summed E-state index contributed by atoms with van der Waals surface area (Å²) >= 11 is 3.44. The summed E-state index contributed by atoms with van der Waals surface area (Å²) < 4.78 is 11.5. The van der Waals surface area contributed by atoms with Crippen molar-refractivity contribution in [3.05, 3.63) is 40.4 Å². The van der Waals surface area contributed by atoms with Gasteiger partial charge in [-0.1, -0.05) is 18.2 Å². The van der Waals surface area contributed by atoms with E-state index in [4.69, 9.17) is 9.47 Å². The smallest absolute Gasteiger partial charge is 0.133 e. The van der Waals surface area contributed by atoms with Gasteiger partial charge in [-0.2, -0.15) is 0 Å². The fourth-order valence-electron chi connectivity index (χ4n) is 1.14. The van der Waals surface area contributed by atoms with Crippen LogP contribution >= 0.6 is 15.9 Å². The number of rotatable bonds is 5. The molecular weight excluding hydrogens is 256 g/mol. The quantitative estimate of drug-likeness (QED) is 0.602. The molecule has 0 aliphatic heterocycles. The molecule has 0 aliphatic rings. The Balaban J connectivity index is 2.52. The Hall–Kier alpha value is -0.800. The molecule has 15 heavy (non-hydrogen) atoms. The van der Waals surface area contributed by atoms with Gasteiger partial charge in [0.2, 0.25) is 0 Å². The van der Waals surface area contributed by atoms with Crippen molar-refractivity contribution in [2.45, 2.75) is 13.5 Å². The number of ether oxygens (including phenoxy) is 2. The monoisotopic (exact) mass is 270 g/mol. The van der Waals surface area contributed by atoms with Crippen LogP contribution in [0, 0.1) is 0 Å². The van der Waals surface area contributed by atoms with Gasteiger partial charge in [-0.05, 0) is 40.5 Å². The Bertz CT molecular complexity index is 334. The molecule has 0 unspecified atom stereocenters. The van der Waals surface area contributed by atoms with E-state index < -0.39 is 0 Å². The lowest BCUT2D eigenvalue weighted by molar-refractivity contribution is 0.148. The molecule has 1 rings (SSSR count). The minimum atomic E-state index is 0.618. The molecule has 0 bridgehead atoms. The molecule has 82 valence electrons. The standard InChI is InChI=1S/C12H15BrO2/c1-3-4-7-15-9-10-5-6-12(14-2)11(13)8-10/h3-6,8H,7,9H2,1-2H3. The molecule has 0 N–H and O–H groups in total. The average molecular weight is 271 g/mol. The zero-order chi connectivity index (χ0) is 11.1. The van der Waals surface area contributed by atoms with Crippen LogP contribution in [0.15, 0.2) is 34.8 Å². The fourth-order valence-corrected chi connectivity index (χ4v) is 1.73. The van der Waals surface area contributed by atoms with Crippen molar-refractivity contribution in [2.24, 2.45) is 0 Å². The highest BCUT2D eigenvalue weighted by atomic mass is 79.9. The van der Waals surface area contributed by atoms with Crippen LogP contribution in [-0.2, 0) is 11.3 Å². The first-order valence-electron chi connectivity index (χ1n) is 4.79. The molecule has 0 saturated heterocycles. The van der Waals surface area contributed by atoms with E-state index in [1.807, 2.05) is 37.3 Å². The molecule has 0 aromatic heterocycles. The van der Waals surface area contributed by atoms with Crippen LogP contribution in [0.5, 0.6) is 5.75 Å². The molecule has 0 fully saturated rings. The van der Waals surface area contributed by atoms with Crippen LogP contribution < -0.4 is 4.74 Å². The maximum Gasteiger partial charge on any atom is 0.133 e. The first kappa shape index (κ1) is 12.3. The van der Waals surface area contributed by atoms with E-state index in [0.29, 0.717) is 13.2 Å². The van der Waals surface area contributed by atoms with Crippen molar-refractivity contribution in [1.29, 1.82) is 0 Å². The van der Waals surface area contributed by atoms with Gasteiger partial charge in [-0.3, -0.25) is 0 Å². The predicted molar refractivity (Wildman–Crippen MR) is 65.2 cm³/mol. The van der Waals surface area contributed by atoms with E-state index in [0.717, 1.165) is 15.8 Å². The summed E-state index contributed by atoms with van der Waals surface area (Å²) in [6, 6.07) is 5.94. The van der Waals surface area contributed by atoms with E-state index >= 15 is 0 Å². The average Bonchev–Trinajstić information content (AvgIpc) is 2.25. The maximum absolute atomic E-state index is 5.44. The zero-order valence-electron chi connectivity index (χ0n) is 9.00. The van der Waals surface area contributed by atoms with Crippen LogP contribution in [-0.4, -0.2) is 13.7 Å². The summed E-state index contributed by atoms with van der Waals surface area (Å²) in [6.07, 6.45) is 3.96. The fraction of sp³-hybridized carbons (Fsp3) is 0.333. The number of allylic oxidation sites excluding steroid dienone is 1. The molecule has 1 aromatic carbocycles. The highest BCUT2D eigenvalue weighted by Gasteiger charge is 2.00. The minimum Gasteiger partial charge on any atom is -0.496 e. The Labute approximate surface area is 99.0 Å². The summed E-state index contributed by atoms with van der Waals surface area (Å²) in [7, 11) is 1.66. The van der Waals surface area contributed by atoms with Gasteiger partial charge >= 0.3 is 0 Å². The van der Waals surface area contributed by atoms with Gasteiger partial charge < -0.3 is 9.47 Å². The second-order valence-electron chi connectivity index (χ2n) is 3.05. The second kappa shape index (κ2) is 6.64. The van der Waals surface area contributed by atoms with E-state index in [-0.39, 0.29) is 0 Å². The third-order valence-corrected chi connectivity index (χ3v) is 2.55. The second-order valence-corrected chi connectivity index (χ2v) is 3.91. The molecule has 0 heterocycles. The summed E-state index contributed by atoms with van der Waals surface area (Å²) in [6.45, 7) is 3.25. The van der Waals surface area contributed by atoms with Crippen LogP contribution in [0.3, 0.4) is 0 Å². The van der Waals surface area contributed by atoms with Gasteiger partial charge in [-0.15, -0.1) is 0 Å². The number of halogens is 1. The van der Waals surface area contributed by atoms with Crippen LogP contribution in [0.4, 0.5) is 0 Å². The number of benzene rings is 1. The summed E-state index contributed by atoms with van der Waals surface area (Å²) in [4.78, 5) is 0. The molecule has 0 radical (unpaired) electrons. The van der Waals surface area contributed by atoms with Crippen LogP contribution in [0.1, 0.15) is 12.5 Å². The van der Waals surface area contributed by atoms with Crippen LogP contribution in [0.25, 0.3) is 0 Å². The minimum absolute atomic E-state index is 0.618. The lowest BCUT2D eigenvalue weighted by atomic mass is 10.2. The molecule has 3 heteroatoms.